The maximum absolute atomic E-state index is 14.2. The largest absolute Gasteiger partial charge is 0.478 e. The molecule has 0 saturated carbocycles. The van der Waals surface area contributed by atoms with E-state index in [0.29, 0.717) is 35.2 Å². The highest BCUT2D eigenvalue weighted by atomic mass is 28.4. The minimum Gasteiger partial charge on any atom is -0.478 e. The number of benzene rings is 1. The highest BCUT2D eigenvalue weighted by molar-refractivity contribution is 6.77. The van der Waals surface area contributed by atoms with Crippen LogP contribution in [0.1, 0.15) is 57.5 Å². The maximum Gasteiger partial charge on any atom is 0.338 e. The van der Waals surface area contributed by atoms with Gasteiger partial charge in [0.2, 0.25) is 0 Å². The Morgan fingerprint density at radius 2 is 1.65 bits per heavy atom. The van der Waals surface area contributed by atoms with Crippen LogP contribution >= 0.6 is 0 Å². The van der Waals surface area contributed by atoms with Gasteiger partial charge in [0.25, 0.3) is 0 Å². The fourth-order valence-electron chi connectivity index (χ4n) is 3.78. The molecule has 1 rings (SSSR count). The van der Waals surface area contributed by atoms with Crippen molar-refractivity contribution in [2.75, 3.05) is 6.61 Å². The number of hydrogen-bond donors (Lipinski definition) is 1. The van der Waals surface area contributed by atoms with Crippen molar-refractivity contribution in [2.24, 2.45) is 0 Å². The lowest BCUT2D eigenvalue weighted by Gasteiger charge is -2.42. The first-order chi connectivity index (χ1) is 10.6. The number of carbonyl (C=O) groups is 1. The molecule has 1 aromatic rings. The van der Waals surface area contributed by atoms with Crippen LogP contribution < -0.4 is 0 Å². The van der Waals surface area contributed by atoms with Crippen molar-refractivity contribution in [3.8, 4) is 0 Å². The predicted molar refractivity (Wildman–Crippen MR) is 94.1 cm³/mol. The molecule has 0 heterocycles. The lowest BCUT2D eigenvalue weighted by molar-refractivity contribution is 0.0691. The van der Waals surface area contributed by atoms with Crippen LogP contribution in [0.2, 0.25) is 16.6 Å². The third-order valence-corrected chi connectivity index (χ3v) is 10.9. The smallest absolute Gasteiger partial charge is 0.338 e. The Morgan fingerprint density at radius 3 is 2.09 bits per heavy atom. The molecule has 0 spiro atoms. The second-order valence-electron chi connectivity index (χ2n) is 7.00. The van der Waals surface area contributed by atoms with Crippen LogP contribution in [0.5, 0.6) is 0 Å². The van der Waals surface area contributed by atoms with E-state index in [1.54, 1.807) is 12.1 Å². The summed E-state index contributed by atoms with van der Waals surface area (Å²) in [6.07, 6.45) is 0.397. The van der Waals surface area contributed by atoms with Gasteiger partial charge in [0.15, 0.2) is 8.32 Å². The Morgan fingerprint density at radius 1 is 1.13 bits per heavy atom. The van der Waals surface area contributed by atoms with E-state index in [9.17, 15) is 9.18 Å². The number of hydrogen-bond acceptors (Lipinski definition) is 2. The van der Waals surface area contributed by atoms with Gasteiger partial charge >= 0.3 is 5.97 Å². The molecular formula is C18H29FO3Si. The van der Waals surface area contributed by atoms with Crippen LogP contribution in [0.4, 0.5) is 4.39 Å². The third kappa shape index (κ3) is 4.21. The molecule has 0 bridgehead atoms. The fraction of sp³-hybridized carbons (Fsp3) is 0.611. The number of carboxylic acids is 1. The predicted octanol–water partition coefficient (Wildman–Crippen LogP) is 5.26. The molecule has 1 N–H and O–H groups in total. The van der Waals surface area contributed by atoms with Crippen LogP contribution in [0.15, 0.2) is 18.2 Å². The van der Waals surface area contributed by atoms with Gasteiger partial charge in [0.05, 0.1) is 5.56 Å². The van der Waals surface area contributed by atoms with Gasteiger partial charge < -0.3 is 9.53 Å². The maximum atomic E-state index is 14.2. The van der Waals surface area contributed by atoms with E-state index in [0.717, 1.165) is 0 Å². The van der Waals surface area contributed by atoms with E-state index in [2.05, 4.69) is 41.5 Å². The van der Waals surface area contributed by atoms with E-state index >= 15 is 0 Å². The van der Waals surface area contributed by atoms with Crippen molar-refractivity contribution in [3.05, 3.63) is 35.1 Å². The van der Waals surface area contributed by atoms with Gasteiger partial charge in [0.1, 0.15) is 5.82 Å². The summed E-state index contributed by atoms with van der Waals surface area (Å²) in [6.45, 7) is 13.7. The minimum atomic E-state index is -1.97. The molecule has 0 atom stereocenters. The highest BCUT2D eigenvalue weighted by Crippen LogP contribution is 2.42. The Bertz CT molecular complexity index is 519. The monoisotopic (exact) mass is 340 g/mol. The molecule has 23 heavy (non-hydrogen) atoms. The molecule has 0 aliphatic heterocycles. The number of halogens is 1. The zero-order valence-electron chi connectivity index (χ0n) is 15.0. The van der Waals surface area contributed by atoms with Crippen molar-refractivity contribution in [2.45, 2.75) is 64.6 Å². The van der Waals surface area contributed by atoms with Crippen molar-refractivity contribution in [3.63, 3.8) is 0 Å². The van der Waals surface area contributed by atoms with E-state index in [4.69, 9.17) is 9.53 Å². The number of carboxylic acid groups (broad SMARTS) is 1. The standard InChI is InChI=1S/C18H29FO3Si/c1-12(2)23(13(3)4,14(5)6)22-11-10-15-8-7-9-16(17(15)19)18(20)21/h7-9,12-14H,10-11H2,1-6H3,(H,20,21). The molecule has 1 aromatic carbocycles. The summed E-state index contributed by atoms with van der Waals surface area (Å²) < 4.78 is 20.6. The summed E-state index contributed by atoms with van der Waals surface area (Å²) in [5, 5.41) is 9.00. The van der Waals surface area contributed by atoms with E-state index in [1.807, 2.05) is 0 Å². The molecule has 0 radical (unpaired) electrons. The first kappa shape index (κ1) is 19.8. The van der Waals surface area contributed by atoms with Crippen molar-refractivity contribution >= 4 is 14.3 Å². The fourth-order valence-corrected chi connectivity index (χ4v) is 9.23. The third-order valence-electron chi connectivity index (χ3n) is 4.74. The molecule has 5 heteroatoms. The number of rotatable bonds is 8. The Balaban J connectivity index is 2.90. The summed E-state index contributed by atoms with van der Waals surface area (Å²) in [7, 11) is -1.97. The van der Waals surface area contributed by atoms with E-state index in [-0.39, 0.29) is 5.56 Å². The summed E-state index contributed by atoms with van der Waals surface area (Å²) in [6, 6.07) is 4.51. The van der Waals surface area contributed by atoms with Crippen LogP contribution in [-0.4, -0.2) is 26.0 Å². The van der Waals surface area contributed by atoms with Gasteiger partial charge in [-0.3, -0.25) is 0 Å². The lowest BCUT2D eigenvalue weighted by Crippen LogP contribution is -2.48. The highest BCUT2D eigenvalue weighted by Gasteiger charge is 2.44. The molecule has 0 aliphatic carbocycles. The van der Waals surface area contributed by atoms with E-state index in [1.165, 1.54) is 6.07 Å². The summed E-state index contributed by atoms with van der Waals surface area (Å²) in [5.41, 5.74) is 1.54. The quantitative estimate of drug-likeness (QED) is 0.657. The molecule has 0 aromatic heterocycles. The minimum absolute atomic E-state index is 0.275. The Labute approximate surface area is 140 Å². The van der Waals surface area contributed by atoms with Gasteiger partial charge in [-0.15, -0.1) is 0 Å². The molecular weight excluding hydrogens is 311 g/mol. The van der Waals surface area contributed by atoms with Crippen molar-refractivity contribution in [1.82, 2.24) is 0 Å². The summed E-state index contributed by atoms with van der Waals surface area (Å²) in [5.74, 6) is -1.88. The molecule has 130 valence electrons. The zero-order valence-corrected chi connectivity index (χ0v) is 16.0. The topological polar surface area (TPSA) is 46.5 Å². The van der Waals surface area contributed by atoms with Gasteiger partial charge in [0, 0.05) is 6.61 Å². The van der Waals surface area contributed by atoms with Crippen LogP contribution in [-0.2, 0) is 10.8 Å². The normalized spacial score (nSPS) is 12.4. The van der Waals surface area contributed by atoms with E-state index < -0.39 is 20.1 Å². The zero-order chi connectivity index (χ0) is 17.8. The molecule has 0 aliphatic rings. The molecule has 0 amide bonds. The molecule has 0 saturated heterocycles. The second-order valence-corrected chi connectivity index (χ2v) is 12.5. The average Bonchev–Trinajstić information content (AvgIpc) is 2.43. The van der Waals surface area contributed by atoms with Crippen LogP contribution in [0.3, 0.4) is 0 Å². The molecule has 3 nitrogen and oxygen atoms in total. The first-order valence-electron chi connectivity index (χ1n) is 8.29. The average molecular weight is 341 g/mol. The van der Waals surface area contributed by atoms with Crippen LogP contribution in [0, 0.1) is 5.82 Å². The first-order valence-corrected chi connectivity index (χ1v) is 10.4. The molecule has 0 fully saturated rings. The van der Waals surface area contributed by atoms with Gasteiger partial charge in [-0.05, 0) is 34.7 Å². The summed E-state index contributed by atoms with van der Waals surface area (Å²) in [4.78, 5) is 11.0. The number of aromatic carboxylic acids is 1. The second kappa shape index (κ2) is 8.06. The van der Waals surface area contributed by atoms with Crippen molar-refractivity contribution < 1.29 is 18.7 Å². The lowest BCUT2D eigenvalue weighted by atomic mass is 10.1. The van der Waals surface area contributed by atoms with Gasteiger partial charge in [-0.1, -0.05) is 53.7 Å². The molecule has 0 unspecified atom stereocenters. The van der Waals surface area contributed by atoms with Crippen molar-refractivity contribution in [1.29, 1.82) is 0 Å². The Hall–Kier alpha value is -1.20. The summed E-state index contributed by atoms with van der Waals surface area (Å²) >= 11 is 0. The van der Waals surface area contributed by atoms with Crippen LogP contribution in [0.25, 0.3) is 0 Å². The SMILES string of the molecule is CC(C)[Si](OCCc1cccc(C(=O)O)c1F)(C(C)C)C(C)C. The Kier molecular flexibility index (Phi) is 6.95. The van der Waals surface area contributed by atoms with Gasteiger partial charge in [-0.2, -0.15) is 0 Å². The van der Waals surface area contributed by atoms with Gasteiger partial charge in [-0.25, -0.2) is 9.18 Å².